The zero-order valence-electron chi connectivity index (χ0n) is 17.2. The quantitative estimate of drug-likeness (QED) is 0.710. The van der Waals surface area contributed by atoms with Crippen molar-refractivity contribution in [3.8, 4) is 0 Å². The molecule has 2 aliphatic heterocycles. The maximum atomic E-state index is 12.5. The number of anilines is 2. The summed E-state index contributed by atoms with van der Waals surface area (Å²) < 4.78 is 0. The van der Waals surface area contributed by atoms with Crippen molar-refractivity contribution in [2.75, 3.05) is 36.4 Å². The molecular formula is C22H28N6O2. The largest absolute Gasteiger partial charge is 0.336 e. The Kier molecular flexibility index (Phi) is 6.13. The summed E-state index contributed by atoms with van der Waals surface area (Å²) in [4.78, 5) is 32.5. The maximum absolute atomic E-state index is 12.5. The number of nitrogens with one attached hydrogen (secondary N) is 3. The highest BCUT2D eigenvalue weighted by atomic mass is 16.2. The van der Waals surface area contributed by atoms with Crippen molar-refractivity contribution in [3.05, 3.63) is 53.9 Å². The maximum Gasteiger partial charge on any atom is 0.321 e. The molecular weight excluding hydrogens is 380 g/mol. The second-order valence-electron chi connectivity index (χ2n) is 7.89. The molecule has 0 aliphatic carbocycles. The summed E-state index contributed by atoms with van der Waals surface area (Å²) >= 11 is 0. The lowest BCUT2D eigenvalue weighted by Crippen LogP contribution is -2.45. The molecule has 0 unspecified atom stereocenters. The van der Waals surface area contributed by atoms with Crippen molar-refractivity contribution in [2.45, 2.75) is 32.4 Å². The molecule has 4 rings (SSSR count). The van der Waals surface area contributed by atoms with Gasteiger partial charge in [0.15, 0.2) is 0 Å². The van der Waals surface area contributed by atoms with E-state index in [2.05, 4.69) is 25.8 Å². The topological polar surface area (TPSA) is 89.6 Å². The fourth-order valence-corrected chi connectivity index (χ4v) is 4.00. The van der Waals surface area contributed by atoms with Crippen molar-refractivity contribution in [3.63, 3.8) is 0 Å². The van der Waals surface area contributed by atoms with Gasteiger partial charge in [-0.3, -0.25) is 14.8 Å². The Morgan fingerprint density at radius 2 is 1.93 bits per heavy atom. The SMILES string of the molecule is Cc1cc(N2CCNC2=O)ccc1NC(=O)NC1CCN(Cc2ccncc2)CC1. The van der Waals surface area contributed by atoms with Crippen LogP contribution in [0.3, 0.4) is 0 Å². The molecule has 2 aliphatic rings. The average Bonchev–Trinajstić information content (AvgIpc) is 3.18. The van der Waals surface area contributed by atoms with Gasteiger partial charge in [-0.1, -0.05) is 0 Å². The van der Waals surface area contributed by atoms with Gasteiger partial charge in [-0.05, 0) is 61.2 Å². The van der Waals surface area contributed by atoms with Gasteiger partial charge in [0.1, 0.15) is 0 Å². The summed E-state index contributed by atoms with van der Waals surface area (Å²) in [6.07, 6.45) is 5.51. The molecule has 1 aromatic heterocycles. The molecule has 30 heavy (non-hydrogen) atoms. The van der Waals surface area contributed by atoms with Gasteiger partial charge in [0.25, 0.3) is 0 Å². The number of benzene rings is 1. The van der Waals surface area contributed by atoms with E-state index in [0.717, 1.165) is 49.4 Å². The number of carbonyl (C=O) groups is 2. The highest BCUT2D eigenvalue weighted by Crippen LogP contribution is 2.24. The molecule has 4 amide bonds. The molecule has 0 bridgehead atoms. The van der Waals surface area contributed by atoms with Crippen LogP contribution in [0.15, 0.2) is 42.7 Å². The van der Waals surface area contributed by atoms with Gasteiger partial charge in [0.05, 0.1) is 0 Å². The standard InChI is InChI=1S/C22H28N6O2/c1-16-14-19(28-13-10-24-22(28)30)2-3-20(16)26-21(29)25-18-6-11-27(12-7-18)15-17-4-8-23-9-5-17/h2-5,8-9,14,18H,6-7,10-13,15H2,1H3,(H,24,30)(H2,25,26,29). The summed E-state index contributed by atoms with van der Waals surface area (Å²) in [7, 11) is 0. The van der Waals surface area contributed by atoms with Crippen molar-refractivity contribution in [2.24, 2.45) is 0 Å². The highest BCUT2D eigenvalue weighted by Gasteiger charge is 2.23. The third-order valence-corrected chi connectivity index (χ3v) is 5.70. The number of hydrogen-bond donors (Lipinski definition) is 3. The summed E-state index contributed by atoms with van der Waals surface area (Å²) in [5.74, 6) is 0. The van der Waals surface area contributed by atoms with E-state index in [-0.39, 0.29) is 18.1 Å². The van der Waals surface area contributed by atoms with Gasteiger partial charge in [0, 0.05) is 62.5 Å². The minimum atomic E-state index is -0.183. The van der Waals surface area contributed by atoms with Crippen LogP contribution < -0.4 is 20.9 Å². The molecule has 2 saturated heterocycles. The molecule has 2 aromatic rings. The Labute approximate surface area is 176 Å². The Hall–Kier alpha value is -3.13. The third kappa shape index (κ3) is 4.88. The van der Waals surface area contributed by atoms with Crippen LogP contribution in [0.5, 0.6) is 0 Å². The van der Waals surface area contributed by atoms with Crippen molar-refractivity contribution in [1.82, 2.24) is 20.5 Å². The first kappa shape index (κ1) is 20.2. The third-order valence-electron chi connectivity index (χ3n) is 5.70. The van der Waals surface area contributed by atoms with Crippen LogP contribution in [-0.4, -0.2) is 54.2 Å². The monoisotopic (exact) mass is 408 g/mol. The first-order valence-corrected chi connectivity index (χ1v) is 10.4. The van der Waals surface area contributed by atoms with Crippen LogP contribution in [0.4, 0.5) is 21.0 Å². The zero-order chi connectivity index (χ0) is 20.9. The van der Waals surface area contributed by atoms with E-state index in [9.17, 15) is 9.59 Å². The number of hydrogen-bond acceptors (Lipinski definition) is 4. The second-order valence-corrected chi connectivity index (χ2v) is 7.89. The number of aromatic nitrogens is 1. The van der Waals surface area contributed by atoms with Gasteiger partial charge >= 0.3 is 12.1 Å². The zero-order valence-corrected chi connectivity index (χ0v) is 17.2. The molecule has 3 heterocycles. The van der Waals surface area contributed by atoms with Gasteiger partial charge in [-0.25, -0.2) is 9.59 Å². The van der Waals surface area contributed by atoms with Crippen molar-refractivity contribution >= 4 is 23.4 Å². The summed E-state index contributed by atoms with van der Waals surface area (Å²) in [6, 6.07) is 9.64. The van der Waals surface area contributed by atoms with Crippen LogP contribution in [-0.2, 0) is 6.54 Å². The lowest BCUT2D eigenvalue weighted by Gasteiger charge is -2.32. The normalized spacial score (nSPS) is 17.6. The van der Waals surface area contributed by atoms with E-state index in [1.165, 1.54) is 5.56 Å². The molecule has 0 radical (unpaired) electrons. The number of urea groups is 2. The second kappa shape index (κ2) is 9.13. The van der Waals surface area contributed by atoms with E-state index in [1.807, 2.05) is 49.6 Å². The Morgan fingerprint density at radius 3 is 2.60 bits per heavy atom. The molecule has 8 heteroatoms. The number of pyridine rings is 1. The van der Waals surface area contributed by atoms with E-state index in [4.69, 9.17) is 0 Å². The Balaban J connectivity index is 1.25. The van der Waals surface area contributed by atoms with Gasteiger partial charge in [0.2, 0.25) is 0 Å². The van der Waals surface area contributed by atoms with Crippen molar-refractivity contribution < 1.29 is 9.59 Å². The Morgan fingerprint density at radius 1 is 1.17 bits per heavy atom. The predicted octanol–water partition coefficient (Wildman–Crippen LogP) is 2.71. The molecule has 158 valence electrons. The first-order chi connectivity index (χ1) is 14.6. The summed E-state index contributed by atoms with van der Waals surface area (Å²) in [5.41, 5.74) is 3.79. The van der Waals surface area contributed by atoms with E-state index in [0.29, 0.717) is 13.1 Å². The smallest absolute Gasteiger partial charge is 0.321 e. The Bertz CT molecular complexity index is 896. The number of likely N-dealkylation sites (tertiary alicyclic amines) is 1. The lowest BCUT2D eigenvalue weighted by atomic mass is 10.0. The molecule has 8 nitrogen and oxygen atoms in total. The number of piperidine rings is 1. The molecule has 1 aromatic carbocycles. The number of rotatable bonds is 5. The predicted molar refractivity (Wildman–Crippen MR) is 117 cm³/mol. The van der Waals surface area contributed by atoms with Crippen LogP contribution in [0.1, 0.15) is 24.0 Å². The molecule has 0 spiro atoms. The minimum absolute atomic E-state index is 0.0804. The van der Waals surface area contributed by atoms with Gasteiger partial charge in [-0.2, -0.15) is 0 Å². The highest BCUT2D eigenvalue weighted by molar-refractivity contribution is 5.95. The van der Waals surface area contributed by atoms with E-state index in [1.54, 1.807) is 4.90 Å². The summed E-state index contributed by atoms with van der Waals surface area (Å²) in [6.45, 7) is 6.08. The van der Waals surface area contributed by atoms with E-state index >= 15 is 0 Å². The van der Waals surface area contributed by atoms with Crippen LogP contribution in [0.2, 0.25) is 0 Å². The van der Waals surface area contributed by atoms with Gasteiger partial charge in [-0.15, -0.1) is 0 Å². The molecule has 2 fully saturated rings. The molecule has 0 atom stereocenters. The summed E-state index contributed by atoms with van der Waals surface area (Å²) in [5, 5.41) is 8.84. The fourth-order valence-electron chi connectivity index (χ4n) is 4.00. The first-order valence-electron chi connectivity index (χ1n) is 10.4. The number of aryl methyl sites for hydroxylation is 1. The van der Waals surface area contributed by atoms with Crippen LogP contribution >= 0.6 is 0 Å². The lowest BCUT2D eigenvalue weighted by molar-refractivity contribution is 0.190. The molecule has 3 N–H and O–H groups in total. The minimum Gasteiger partial charge on any atom is -0.336 e. The van der Waals surface area contributed by atoms with Crippen LogP contribution in [0.25, 0.3) is 0 Å². The van der Waals surface area contributed by atoms with Crippen molar-refractivity contribution in [1.29, 1.82) is 0 Å². The fraction of sp³-hybridized carbons (Fsp3) is 0.409. The molecule has 0 saturated carbocycles. The number of nitrogens with zero attached hydrogens (tertiary/aromatic N) is 3. The number of amides is 4. The number of carbonyl (C=O) groups excluding carboxylic acids is 2. The average molecular weight is 409 g/mol. The van der Waals surface area contributed by atoms with Crippen LogP contribution in [0, 0.1) is 6.92 Å². The van der Waals surface area contributed by atoms with Gasteiger partial charge < -0.3 is 16.0 Å². The van der Waals surface area contributed by atoms with E-state index < -0.39 is 0 Å².